The molecule has 1 aliphatic rings. The van der Waals surface area contributed by atoms with Crippen LogP contribution in [0.1, 0.15) is 52.9 Å². The first kappa shape index (κ1) is 14.8. The molecule has 1 aliphatic carbocycles. The number of carbonyl (C=O) groups is 2. The molecule has 0 aliphatic heterocycles. The van der Waals surface area contributed by atoms with Crippen LogP contribution in [0.25, 0.3) is 0 Å². The molecule has 1 rings (SSSR count). The standard InChI is InChI=1S/C13H23NO4/c1-12(2,3)18-11(16)14-9-8-13(17-10-15)6-4-5-7-13/h10H,4-9H2,1-3H3,(H,14,16). The molecular formula is C13H23NO4. The molecule has 0 aromatic heterocycles. The van der Waals surface area contributed by atoms with Crippen molar-refractivity contribution in [3.8, 4) is 0 Å². The van der Waals surface area contributed by atoms with Crippen LogP contribution < -0.4 is 5.32 Å². The Morgan fingerprint density at radius 2 is 1.94 bits per heavy atom. The summed E-state index contributed by atoms with van der Waals surface area (Å²) in [5.74, 6) is 0. The highest BCUT2D eigenvalue weighted by atomic mass is 16.6. The van der Waals surface area contributed by atoms with E-state index in [0.29, 0.717) is 19.4 Å². The summed E-state index contributed by atoms with van der Waals surface area (Å²) in [5, 5.41) is 2.69. The maximum absolute atomic E-state index is 11.5. The number of alkyl carbamates (subject to hydrolysis) is 1. The molecule has 1 N–H and O–H groups in total. The van der Waals surface area contributed by atoms with Gasteiger partial charge in [0.05, 0.1) is 0 Å². The molecule has 0 heterocycles. The summed E-state index contributed by atoms with van der Waals surface area (Å²) >= 11 is 0. The zero-order valence-electron chi connectivity index (χ0n) is 11.5. The smallest absolute Gasteiger partial charge is 0.407 e. The fourth-order valence-electron chi connectivity index (χ4n) is 2.25. The molecule has 0 aromatic rings. The number of hydrogen-bond acceptors (Lipinski definition) is 4. The van der Waals surface area contributed by atoms with E-state index < -0.39 is 11.7 Å². The number of ether oxygens (including phenoxy) is 2. The van der Waals surface area contributed by atoms with Crippen LogP contribution in [0.4, 0.5) is 4.79 Å². The Hall–Kier alpha value is -1.26. The van der Waals surface area contributed by atoms with E-state index in [1.165, 1.54) is 0 Å². The molecule has 0 bridgehead atoms. The van der Waals surface area contributed by atoms with Gasteiger partial charge in [0.2, 0.25) is 0 Å². The highest BCUT2D eigenvalue weighted by Crippen LogP contribution is 2.35. The number of hydrogen-bond donors (Lipinski definition) is 1. The second kappa shape index (κ2) is 6.07. The summed E-state index contributed by atoms with van der Waals surface area (Å²) in [5.41, 5.74) is -0.870. The molecule has 1 amide bonds. The van der Waals surface area contributed by atoms with Crippen LogP contribution in [-0.2, 0) is 14.3 Å². The molecule has 0 saturated heterocycles. The maximum Gasteiger partial charge on any atom is 0.407 e. The van der Waals surface area contributed by atoms with Gasteiger partial charge < -0.3 is 14.8 Å². The van der Waals surface area contributed by atoms with Crippen LogP contribution in [0.3, 0.4) is 0 Å². The first-order chi connectivity index (χ1) is 8.37. The van der Waals surface area contributed by atoms with E-state index >= 15 is 0 Å². The largest absolute Gasteiger partial charge is 0.461 e. The van der Waals surface area contributed by atoms with Crippen molar-refractivity contribution in [1.29, 1.82) is 0 Å². The minimum Gasteiger partial charge on any atom is -0.461 e. The Kier molecular flexibility index (Phi) is 4.99. The second-order valence-corrected chi connectivity index (χ2v) is 5.78. The topological polar surface area (TPSA) is 64.6 Å². The van der Waals surface area contributed by atoms with Gasteiger partial charge in [0.15, 0.2) is 0 Å². The molecule has 0 spiro atoms. The minimum atomic E-state index is -0.492. The zero-order valence-corrected chi connectivity index (χ0v) is 11.5. The lowest BCUT2D eigenvalue weighted by molar-refractivity contribution is -0.143. The van der Waals surface area contributed by atoms with Crippen LogP contribution in [0, 0.1) is 0 Å². The summed E-state index contributed by atoms with van der Waals surface area (Å²) < 4.78 is 10.3. The summed E-state index contributed by atoms with van der Waals surface area (Å²) in [7, 11) is 0. The highest BCUT2D eigenvalue weighted by molar-refractivity contribution is 5.67. The van der Waals surface area contributed by atoms with Crippen molar-refractivity contribution in [2.24, 2.45) is 0 Å². The summed E-state index contributed by atoms with van der Waals surface area (Å²) in [6.07, 6.45) is 4.11. The van der Waals surface area contributed by atoms with Crippen LogP contribution in [0.15, 0.2) is 0 Å². The molecule has 5 nitrogen and oxygen atoms in total. The van der Waals surface area contributed by atoms with Gasteiger partial charge in [-0.15, -0.1) is 0 Å². The third-order valence-electron chi connectivity index (χ3n) is 3.06. The van der Waals surface area contributed by atoms with Crippen molar-refractivity contribution in [3.05, 3.63) is 0 Å². The van der Waals surface area contributed by atoms with Gasteiger partial charge >= 0.3 is 6.09 Å². The highest BCUT2D eigenvalue weighted by Gasteiger charge is 2.35. The fourth-order valence-corrected chi connectivity index (χ4v) is 2.25. The molecule has 1 saturated carbocycles. The molecule has 1 fully saturated rings. The minimum absolute atomic E-state index is 0.378. The van der Waals surface area contributed by atoms with Crippen molar-refractivity contribution < 1.29 is 19.1 Å². The summed E-state index contributed by atoms with van der Waals surface area (Å²) in [6, 6.07) is 0. The number of rotatable bonds is 5. The van der Waals surface area contributed by atoms with Crippen molar-refractivity contribution in [2.75, 3.05) is 6.54 Å². The first-order valence-electron chi connectivity index (χ1n) is 6.45. The molecule has 0 unspecified atom stereocenters. The van der Waals surface area contributed by atoms with Gasteiger partial charge in [0, 0.05) is 13.0 Å². The van der Waals surface area contributed by atoms with E-state index in [1.807, 2.05) is 20.8 Å². The Morgan fingerprint density at radius 1 is 1.33 bits per heavy atom. The van der Waals surface area contributed by atoms with Crippen LogP contribution >= 0.6 is 0 Å². The molecule has 18 heavy (non-hydrogen) atoms. The summed E-state index contributed by atoms with van der Waals surface area (Å²) in [4.78, 5) is 22.0. The van der Waals surface area contributed by atoms with E-state index in [-0.39, 0.29) is 5.60 Å². The second-order valence-electron chi connectivity index (χ2n) is 5.78. The van der Waals surface area contributed by atoms with E-state index in [2.05, 4.69) is 5.32 Å². The first-order valence-corrected chi connectivity index (χ1v) is 6.45. The van der Waals surface area contributed by atoms with Gasteiger partial charge in [-0.2, -0.15) is 0 Å². The lowest BCUT2D eigenvalue weighted by atomic mass is 9.98. The Bertz CT molecular complexity index is 290. The van der Waals surface area contributed by atoms with Crippen molar-refractivity contribution in [2.45, 2.75) is 64.1 Å². The molecular weight excluding hydrogens is 234 g/mol. The number of nitrogens with one attached hydrogen (secondary N) is 1. The SMILES string of the molecule is CC(C)(C)OC(=O)NCCC1(OC=O)CCCC1. The molecule has 0 aromatic carbocycles. The predicted octanol–water partition coefficient (Wildman–Crippen LogP) is 2.39. The lowest BCUT2D eigenvalue weighted by Crippen LogP contribution is -2.37. The Balaban J connectivity index is 2.31. The van der Waals surface area contributed by atoms with Gasteiger partial charge in [0.25, 0.3) is 6.47 Å². The quantitative estimate of drug-likeness (QED) is 0.768. The van der Waals surface area contributed by atoms with Crippen molar-refractivity contribution in [3.63, 3.8) is 0 Å². The van der Waals surface area contributed by atoms with Gasteiger partial charge in [-0.3, -0.25) is 4.79 Å². The lowest BCUT2D eigenvalue weighted by Gasteiger charge is -2.27. The average Bonchev–Trinajstić information content (AvgIpc) is 2.64. The van der Waals surface area contributed by atoms with E-state index in [1.54, 1.807) is 0 Å². The fraction of sp³-hybridized carbons (Fsp3) is 0.846. The van der Waals surface area contributed by atoms with Gasteiger partial charge in [-0.1, -0.05) is 0 Å². The van der Waals surface area contributed by atoms with Gasteiger partial charge in [-0.05, 0) is 46.5 Å². The monoisotopic (exact) mass is 257 g/mol. The third-order valence-corrected chi connectivity index (χ3v) is 3.06. The van der Waals surface area contributed by atoms with Gasteiger partial charge in [-0.25, -0.2) is 4.79 Å². The Labute approximate surface area is 108 Å². The Morgan fingerprint density at radius 3 is 2.44 bits per heavy atom. The van der Waals surface area contributed by atoms with Crippen LogP contribution in [0.5, 0.6) is 0 Å². The van der Waals surface area contributed by atoms with Gasteiger partial charge in [0.1, 0.15) is 11.2 Å². The van der Waals surface area contributed by atoms with Crippen molar-refractivity contribution in [1.82, 2.24) is 5.32 Å². The van der Waals surface area contributed by atoms with Crippen LogP contribution in [-0.4, -0.2) is 30.3 Å². The van der Waals surface area contributed by atoms with E-state index in [0.717, 1.165) is 25.7 Å². The molecule has 0 atom stereocenters. The molecule has 5 heteroatoms. The van der Waals surface area contributed by atoms with E-state index in [4.69, 9.17) is 9.47 Å². The van der Waals surface area contributed by atoms with Crippen LogP contribution in [0.2, 0.25) is 0 Å². The number of amides is 1. The molecule has 0 radical (unpaired) electrons. The van der Waals surface area contributed by atoms with Crippen molar-refractivity contribution >= 4 is 12.6 Å². The average molecular weight is 257 g/mol. The number of carbonyl (C=O) groups excluding carboxylic acids is 2. The third kappa shape index (κ3) is 4.94. The normalized spacial score (nSPS) is 18.2. The summed E-state index contributed by atoms with van der Waals surface area (Å²) in [6.45, 7) is 6.43. The predicted molar refractivity (Wildman–Crippen MR) is 67.2 cm³/mol. The molecule has 104 valence electrons. The maximum atomic E-state index is 11.5. The van der Waals surface area contributed by atoms with E-state index in [9.17, 15) is 9.59 Å². The zero-order chi connectivity index (χ0) is 13.6.